The van der Waals surface area contributed by atoms with Crippen LogP contribution in [0, 0.1) is 5.82 Å². The molecule has 0 radical (unpaired) electrons. The SMILES string of the molecule is CC[C@H](C)c1nc2cccc(F)c2c(=O)n1-c1ccccc1. The van der Waals surface area contributed by atoms with Gasteiger partial charge >= 0.3 is 0 Å². The number of rotatable bonds is 3. The van der Waals surface area contributed by atoms with Crippen molar-refractivity contribution in [1.29, 1.82) is 0 Å². The number of aromatic nitrogens is 2. The van der Waals surface area contributed by atoms with E-state index in [-0.39, 0.29) is 16.9 Å². The molecule has 22 heavy (non-hydrogen) atoms. The van der Waals surface area contributed by atoms with E-state index in [1.807, 2.05) is 44.2 Å². The lowest BCUT2D eigenvalue weighted by Crippen LogP contribution is -2.25. The molecule has 0 saturated carbocycles. The van der Waals surface area contributed by atoms with Gasteiger partial charge in [-0.3, -0.25) is 9.36 Å². The van der Waals surface area contributed by atoms with E-state index in [0.29, 0.717) is 17.0 Å². The number of hydrogen-bond acceptors (Lipinski definition) is 2. The predicted molar refractivity (Wildman–Crippen MR) is 86.0 cm³/mol. The average Bonchev–Trinajstić information content (AvgIpc) is 2.54. The molecule has 3 nitrogen and oxygen atoms in total. The first-order chi connectivity index (χ1) is 10.6. The van der Waals surface area contributed by atoms with E-state index in [9.17, 15) is 9.18 Å². The number of nitrogens with zero attached hydrogens (tertiary/aromatic N) is 2. The highest BCUT2D eigenvalue weighted by molar-refractivity contribution is 5.78. The lowest BCUT2D eigenvalue weighted by atomic mass is 10.1. The monoisotopic (exact) mass is 296 g/mol. The maximum Gasteiger partial charge on any atom is 0.268 e. The molecular weight excluding hydrogens is 279 g/mol. The Bertz CT molecular complexity index is 871. The summed E-state index contributed by atoms with van der Waals surface area (Å²) in [6, 6.07) is 13.8. The first-order valence-corrected chi connectivity index (χ1v) is 7.40. The summed E-state index contributed by atoms with van der Waals surface area (Å²) < 4.78 is 15.6. The molecule has 112 valence electrons. The van der Waals surface area contributed by atoms with E-state index in [1.165, 1.54) is 10.6 Å². The van der Waals surface area contributed by atoms with E-state index in [0.717, 1.165) is 6.42 Å². The van der Waals surface area contributed by atoms with Gasteiger partial charge in [0, 0.05) is 5.92 Å². The molecule has 2 aromatic carbocycles. The summed E-state index contributed by atoms with van der Waals surface area (Å²) in [6.45, 7) is 4.06. The summed E-state index contributed by atoms with van der Waals surface area (Å²) in [5.41, 5.74) is 0.762. The van der Waals surface area contributed by atoms with Gasteiger partial charge in [-0.1, -0.05) is 38.1 Å². The molecule has 3 rings (SSSR count). The van der Waals surface area contributed by atoms with Crippen LogP contribution in [0.1, 0.15) is 32.0 Å². The Balaban J connectivity index is 2.44. The number of hydrogen-bond donors (Lipinski definition) is 0. The first kappa shape index (κ1) is 14.4. The second kappa shape index (κ2) is 5.72. The molecule has 0 fully saturated rings. The summed E-state index contributed by atoms with van der Waals surface area (Å²) >= 11 is 0. The van der Waals surface area contributed by atoms with Gasteiger partial charge in [0.2, 0.25) is 0 Å². The summed E-state index contributed by atoms with van der Waals surface area (Å²) in [6.07, 6.45) is 0.847. The van der Waals surface area contributed by atoms with Gasteiger partial charge in [0.15, 0.2) is 0 Å². The van der Waals surface area contributed by atoms with Gasteiger partial charge in [-0.2, -0.15) is 0 Å². The van der Waals surface area contributed by atoms with E-state index < -0.39 is 5.82 Å². The van der Waals surface area contributed by atoms with Crippen molar-refractivity contribution in [2.75, 3.05) is 0 Å². The number of para-hydroxylation sites is 1. The largest absolute Gasteiger partial charge is 0.268 e. The Morgan fingerprint density at radius 2 is 1.86 bits per heavy atom. The summed E-state index contributed by atoms with van der Waals surface area (Å²) in [4.78, 5) is 17.4. The smallest absolute Gasteiger partial charge is 0.268 e. The zero-order valence-corrected chi connectivity index (χ0v) is 12.6. The molecule has 0 aliphatic carbocycles. The summed E-state index contributed by atoms with van der Waals surface area (Å²) in [5.74, 6) is 0.229. The van der Waals surface area contributed by atoms with Crippen LogP contribution < -0.4 is 5.56 Å². The Labute approximate surface area is 128 Å². The highest BCUT2D eigenvalue weighted by Gasteiger charge is 2.18. The van der Waals surface area contributed by atoms with Crippen LogP contribution >= 0.6 is 0 Å². The molecule has 0 N–H and O–H groups in total. The molecule has 1 heterocycles. The molecule has 0 aliphatic heterocycles. The van der Waals surface area contributed by atoms with Crippen molar-refractivity contribution in [2.45, 2.75) is 26.2 Å². The molecule has 1 aromatic heterocycles. The normalized spacial score (nSPS) is 12.5. The van der Waals surface area contributed by atoms with Gasteiger partial charge in [-0.15, -0.1) is 0 Å². The Morgan fingerprint density at radius 1 is 1.14 bits per heavy atom. The van der Waals surface area contributed by atoms with Crippen LogP contribution in [0.4, 0.5) is 4.39 Å². The third kappa shape index (κ3) is 2.30. The average molecular weight is 296 g/mol. The van der Waals surface area contributed by atoms with Gasteiger partial charge < -0.3 is 0 Å². The zero-order chi connectivity index (χ0) is 15.7. The topological polar surface area (TPSA) is 34.9 Å². The van der Waals surface area contributed by atoms with Gasteiger partial charge in [-0.05, 0) is 30.7 Å². The molecule has 0 aliphatic rings. The van der Waals surface area contributed by atoms with Crippen molar-refractivity contribution >= 4 is 10.9 Å². The van der Waals surface area contributed by atoms with E-state index in [2.05, 4.69) is 4.98 Å². The second-order valence-corrected chi connectivity index (χ2v) is 5.39. The molecule has 0 saturated heterocycles. The fourth-order valence-electron chi connectivity index (χ4n) is 2.55. The summed E-state index contributed by atoms with van der Waals surface area (Å²) in [5, 5.41) is 0.0402. The van der Waals surface area contributed by atoms with Gasteiger partial charge in [0.1, 0.15) is 17.0 Å². The molecule has 0 bridgehead atoms. The molecule has 4 heteroatoms. The van der Waals surface area contributed by atoms with E-state index >= 15 is 0 Å². The molecule has 3 aromatic rings. The van der Waals surface area contributed by atoms with Crippen molar-refractivity contribution < 1.29 is 4.39 Å². The van der Waals surface area contributed by atoms with Crippen LogP contribution in [0.5, 0.6) is 0 Å². The standard InChI is InChI=1S/C18H17FN2O/c1-3-12(2)17-20-15-11-7-10-14(19)16(15)18(22)21(17)13-8-5-4-6-9-13/h4-12H,3H2,1-2H3/t12-/m0/s1. The maximum atomic E-state index is 14.1. The molecule has 0 amide bonds. The lowest BCUT2D eigenvalue weighted by Gasteiger charge is -2.17. The lowest BCUT2D eigenvalue weighted by molar-refractivity contribution is 0.627. The van der Waals surface area contributed by atoms with Crippen LogP contribution in [0.2, 0.25) is 0 Å². The van der Waals surface area contributed by atoms with E-state index in [4.69, 9.17) is 0 Å². The van der Waals surface area contributed by atoms with E-state index in [1.54, 1.807) is 12.1 Å². The molecule has 1 atom stereocenters. The number of halogens is 1. The van der Waals surface area contributed by atoms with Gasteiger partial charge in [-0.25, -0.2) is 9.37 Å². The quantitative estimate of drug-likeness (QED) is 0.731. The van der Waals surface area contributed by atoms with Crippen LogP contribution in [-0.2, 0) is 0 Å². The highest BCUT2D eigenvalue weighted by atomic mass is 19.1. The van der Waals surface area contributed by atoms with Crippen molar-refractivity contribution in [3.05, 3.63) is 70.5 Å². The fraction of sp³-hybridized carbons (Fsp3) is 0.222. The Hall–Kier alpha value is -2.49. The van der Waals surface area contributed by atoms with Gasteiger partial charge in [0.25, 0.3) is 5.56 Å². The zero-order valence-electron chi connectivity index (χ0n) is 12.6. The minimum atomic E-state index is -0.532. The van der Waals surface area contributed by atoms with Crippen LogP contribution in [0.25, 0.3) is 16.6 Å². The van der Waals surface area contributed by atoms with Crippen molar-refractivity contribution in [1.82, 2.24) is 9.55 Å². The third-order valence-corrected chi connectivity index (χ3v) is 3.94. The molecule has 0 unspecified atom stereocenters. The molecule has 0 spiro atoms. The van der Waals surface area contributed by atoms with Crippen LogP contribution in [0.3, 0.4) is 0 Å². The second-order valence-electron chi connectivity index (χ2n) is 5.39. The third-order valence-electron chi connectivity index (χ3n) is 3.94. The number of fused-ring (bicyclic) bond motifs is 1. The van der Waals surface area contributed by atoms with Gasteiger partial charge in [0.05, 0.1) is 11.2 Å². The first-order valence-electron chi connectivity index (χ1n) is 7.40. The van der Waals surface area contributed by atoms with Crippen molar-refractivity contribution in [3.8, 4) is 5.69 Å². The Morgan fingerprint density at radius 3 is 2.55 bits per heavy atom. The van der Waals surface area contributed by atoms with Crippen LogP contribution in [0.15, 0.2) is 53.3 Å². The van der Waals surface area contributed by atoms with Crippen molar-refractivity contribution in [3.63, 3.8) is 0 Å². The summed E-state index contributed by atoms with van der Waals surface area (Å²) in [7, 11) is 0. The minimum absolute atomic E-state index is 0.0402. The minimum Gasteiger partial charge on any atom is -0.268 e. The molecular formula is C18H17FN2O. The van der Waals surface area contributed by atoms with Crippen LogP contribution in [-0.4, -0.2) is 9.55 Å². The number of benzene rings is 2. The predicted octanol–water partition coefficient (Wildman–Crippen LogP) is 4.04. The Kier molecular flexibility index (Phi) is 3.75. The highest BCUT2D eigenvalue weighted by Crippen LogP contribution is 2.22. The van der Waals surface area contributed by atoms with Crippen molar-refractivity contribution in [2.24, 2.45) is 0 Å². The fourth-order valence-corrected chi connectivity index (χ4v) is 2.55. The maximum absolute atomic E-state index is 14.1.